The third-order valence-corrected chi connectivity index (χ3v) is 2.94. The van der Waals surface area contributed by atoms with Gasteiger partial charge < -0.3 is 15.8 Å². The minimum absolute atomic E-state index is 0.115. The van der Waals surface area contributed by atoms with Crippen molar-refractivity contribution in [2.45, 2.75) is 20.0 Å². The van der Waals surface area contributed by atoms with E-state index in [1.54, 1.807) is 18.3 Å². The van der Waals surface area contributed by atoms with Crippen molar-refractivity contribution in [1.82, 2.24) is 4.98 Å². The van der Waals surface area contributed by atoms with E-state index in [2.05, 4.69) is 10.3 Å². The first-order valence-electron chi connectivity index (χ1n) is 6.85. The first kappa shape index (κ1) is 15.0. The summed E-state index contributed by atoms with van der Waals surface area (Å²) in [4.78, 5) is 16.2. The van der Waals surface area contributed by atoms with E-state index < -0.39 is 0 Å². The zero-order valence-corrected chi connectivity index (χ0v) is 12.0. The Balaban J connectivity index is 2.00. The highest BCUT2D eigenvalue weighted by molar-refractivity contribution is 5.92. The lowest BCUT2D eigenvalue weighted by molar-refractivity contribution is -0.115. The molecule has 0 saturated heterocycles. The fourth-order valence-corrected chi connectivity index (χ4v) is 1.88. The molecule has 1 aromatic carbocycles. The van der Waals surface area contributed by atoms with Gasteiger partial charge in [0.25, 0.3) is 0 Å². The number of nitrogen functional groups attached to an aromatic ring is 1. The van der Waals surface area contributed by atoms with Crippen LogP contribution in [0.1, 0.15) is 18.2 Å². The number of anilines is 2. The molecule has 0 fully saturated rings. The number of hydrogen-bond acceptors (Lipinski definition) is 4. The maximum atomic E-state index is 12.1. The normalized spacial score (nSPS) is 10.3. The summed E-state index contributed by atoms with van der Waals surface area (Å²) in [6.07, 6.45) is 1.76. The van der Waals surface area contributed by atoms with E-state index in [1.165, 1.54) is 0 Å². The molecular formula is C16H19N3O2. The van der Waals surface area contributed by atoms with Crippen LogP contribution in [0.4, 0.5) is 11.4 Å². The van der Waals surface area contributed by atoms with E-state index in [0.29, 0.717) is 24.6 Å². The number of pyridine rings is 1. The number of ether oxygens (including phenoxy) is 1. The van der Waals surface area contributed by atoms with Gasteiger partial charge in [-0.3, -0.25) is 9.78 Å². The maximum absolute atomic E-state index is 12.1. The van der Waals surface area contributed by atoms with Gasteiger partial charge in [0.05, 0.1) is 24.9 Å². The zero-order chi connectivity index (χ0) is 15.1. The van der Waals surface area contributed by atoms with Gasteiger partial charge in [-0.15, -0.1) is 0 Å². The molecule has 0 unspecified atom stereocenters. The fourth-order valence-electron chi connectivity index (χ4n) is 1.88. The molecule has 110 valence electrons. The monoisotopic (exact) mass is 285 g/mol. The molecule has 21 heavy (non-hydrogen) atoms. The molecule has 0 radical (unpaired) electrons. The number of carbonyl (C=O) groups is 1. The summed E-state index contributed by atoms with van der Waals surface area (Å²) >= 11 is 0. The smallest absolute Gasteiger partial charge is 0.230 e. The average Bonchev–Trinajstić information content (AvgIpc) is 2.49. The third-order valence-electron chi connectivity index (χ3n) is 2.94. The summed E-state index contributed by atoms with van der Waals surface area (Å²) in [5.74, 6) is -0.115. The summed E-state index contributed by atoms with van der Waals surface area (Å²) in [5, 5.41) is 2.89. The molecule has 0 aliphatic rings. The molecule has 2 rings (SSSR count). The van der Waals surface area contributed by atoms with E-state index in [1.807, 2.05) is 31.2 Å². The number of benzene rings is 1. The summed E-state index contributed by atoms with van der Waals surface area (Å²) in [6.45, 7) is 3.05. The van der Waals surface area contributed by atoms with Crippen LogP contribution in [0.5, 0.6) is 0 Å². The molecule has 5 nitrogen and oxygen atoms in total. The minimum Gasteiger partial charge on any atom is -0.397 e. The predicted octanol–water partition coefficient (Wildman–Crippen LogP) is 2.38. The number of carbonyl (C=O) groups excluding carboxylic acids is 1. The van der Waals surface area contributed by atoms with Gasteiger partial charge in [-0.2, -0.15) is 0 Å². The van der Waals surface area contributed by atoms with Crippen molar-refractivity contribution in [2.24, 2.45) is 0 Å². The van der Waals surface area contributed by atoms with Crippen LogP contribution in [0, 0.1) is 0 Å². The molecule has 0 aliphatic carbocycles. The molecule has 1 heterocycles. The molecular weight excluding hydrogens is 266 g/mol. The lowest BCUT2D eigenvalue weighted by Crippen LogP contribution is -2.16. The van der Waals surface area contributed by atoms with E-state index >= 15 is 0 Å². The van der Waals surface area contributed by atoms with Crippen molar-refractivity contribution < 1.29 is 9.53 Å². The molecule has 1 amide bonds. The number of para-hydroxylation sites is 1. The molecule has 0 atom stereocenters. The zero-order valence-electron chi connectivity index (χ0n) is 12.0. The van der Waals surface area contributed by atoms with Gasteiger partial charge in [0.1, 0.15) is 0 Å². The quantitative estimate of drug-likeness (QED) is 0.854. The van der Waals surface area contributed by atoms with Gasteiger partial charge in [-0.05, 0) is 25.1 Å². The van der Waals surface area contributed by atoms with Crippen molar-refractivity contribution in [3.63, 3.8) is 0 Å². The summed E-state index contributed by atoms with van der Waals surface area (Å²) < 4.78 is 5.40. The number of nitrogens with two attached hydrogens (primary N) is 1. The average molecular weight is 285 g/mol. The standard InChI is InChI=1S/C16H19N3O2/c1-2-21-11-12-5-3-4-6-15(12)19-16(20)9-14-8-7-13(17)10-18-14/h3-8,10H,2,9,11,17H2,1H3,(H,19,20). The van der Waals surface area contributed by atoms with Crippen LogP contribution in [0.25, 0.3) is 0 Å². The van der Waals surface area contributed by atoms with Crippen LogP contribution < -0.4 is 11.1 Å². The Morgan fingerprint density at radius 3 is 2.81 bits per heavy atom. The lowest BCUT2D eigenvalue weighted by Gasteiger charge is -2.11. The first-order valence-corrected chi connectivity index (χ1v) is 6.85. The van der Waals surface area contributed by atoms with E-state index in [-0.39, 0.29) is 12.3 Å². The SMILES string of the molecule is CCOCc1ccccc1NC(=O)Cc1ccc(N)cn1. The van der Waals surface area contributed by atoms with Gasteiger partial charge in [-0.1, -0.05) is 18.2 Å². The van der Waals surface area contributed by atoms with Gasteiger partial charge in [-0.25, -0.2) is 0 Å². The highest BCUT2D eigenvalue weighted by Crippen LogP contribution is 2.16. The third kappa shape index (κ3) is 4.57. The van der Waals surface area contributed by atoms with Crippen LogP contribution in [-0.4, -0.2) is 17.5 Å². The second-order valence-electron chi connectivity index (χ2n) is 4.60. The second kappa shape index (κ2) is 7.40. The Morgan fingerprint density at radius 1 is 1.29 bits per heavy atom. The van der Waals surface area contributed by atoms with Crippen LogP contribution in [0.2, 0.25) is 0 Å². The highest BCUT2D eigenvalue weighted by Gasteiger charge is 2.08. The van der Waals surface area contributed by atoms with Gasteiger partial charge >= 0.3 is 0 Å². The van der Waals surface area contributed by atoms with Crippen LogP contribution in [0.15, 0.2) is 42.6 Å². The molecule has 0 bridgehead atoms. The number of amides is 1. The van der Waals surface area contributed by atoms with Gasteiger partial charge in [0, 0.05) is 23.6 Å². The number of rotatable bonds is 6. The number of hydrogen-bond donors (Lipinski definition) is 2. The van der Waals surface area contributed by atoms with Crippen molar-refractivity contribution in [1.29, 1.82) is 0 Å². The van der Waals surface area contributed by atoms with Gasteiger partial charge in [0.15, 0.2) is 0 Å². The van der Waals surface area contributed by atoms with E-state index in [0.717, 1.165) is 11.3 Å². The molecule has 1 aromatic heterocycles. The largest absolute Gasteiger partial charge is 0.397 e. The Kier molecular flexibility index (Phi) is 5.29. The Bertz CT molecular complexity index is 597. The topological polar surface area (TPSA) is 77.2 Å². The molecule has 5 heteroatoms. The van der Waals surface area contributed by atoms with Crippen molar-refractivity contribution in [3.8, 4) is 0 Å². The van der Waals surface area contributed by atoms with Crippen molar-refractivity contribution in [2.75, 3.05) is 17.7 Å². The van der Waals surface area contributed by atoms with Crippen LogP contribution in [0.3, 0.4) is 0 Å². The molecule has 3 N–H and O–H groups in total. The number of nitrogens with one attached hydrogen (secondary N) is 1. The maximum Gasteiger partial charge on any atom is 0.230 e. The molecule has 0 spiro atoms. The van der Waals surface area contributed by atoms with Crippen molar-refractivity contribution in [3.05, 3.63) is 53.9 Å². The minimum atomic E-state index is -0.115. The summed E-state index contributed by atoms with van der Waals surface area (Å²) in [7, 11) is 0. The summed E-state index contributed by atoms with van der Waals surface area (Å²) in [5.41, 5.74) is 8.57. The molecule has 0 aliphatic heterocycles. The van der Waals surface area contributed by atoms with Crippen LogP contribution >= 0.6 is 0 Å². The first-order chi connectivity index (χ1) is 10.2. The highest BCUT2D eigenvalue weighted by atomic mass is 16.5. The second-order valence-corrected chi connectivity index (χ2v) is 4.60. The van der Waals surface area contributed by atoms with Gasteiger partial charge in [0.2, 0.25) is 5.91 Å². The lowest BCUT2D eigenvalue weighted by atomic mass is 10.1. The van der Waals surface area contributed by atoms with Crippen molar-refractivity contribution >= 4 is 17.3 Å². The van der Waals surface area contributed by atoms with E-state index in [9.17, 15) is 4.79 Å². The molecule has 2 aromatic rings. The van der Waals surface area contributed by atoms with E-state index in [4.69, 9.17) is 10.5 Å². The molecule has 0 saturated carbocycles. The van der Waals surface area contributed by atoms with Crippen LogP contribution in [-0.2, 0) is 22.6 Å². The predicted molar refractivity (Wildman–Crippen MR) is 82.8 cm³/mol. The number of aromatic nitrogens is 1. The number of nitrogens with zero attached hydrogens (tertiary/aromatic N) is 1. The Labute approximate surface area is 124 Å². The summed E-state index contributed by atoms with van der Waals surface area (Å²) in [6, 6.07) is 11.1. The Hall–Kier alpha value is -2.40. The Morgan fingerprint density at radius 2 is 2.10 bits per heavy atom. The fraction of sp³-hybridized carbons (Fsp3) is 0.250.